The van der Waals surface area contributed by atoms with Gasteiger partial charge in [0.25, 0.3) is 0 Å². The molecule has 2 atom stereocenters. The summed E-state index contributed by atoms with van der Waals surface area (Å²) in [5.74, 6) is 2.00. The van der Waals surface area contributed by atoms with Crippen LogP contribution < -0.4 is 30.7 Å². The Labute approximate surface area is 410 Å². The number of rotatable bonds is 4. The highest BCUT2D eigenvalue weighted by Crippen LogP contribution is 2.43. The minimum Gasteiger partial charge on any atom is -0.487 e. The SMILES string of the molecule is Cc1ncnn1-c1ccc2cc1OC/C=C/CNc1nc(nc3c1CCC3c1ccc(F)cc1F)N2.Cc1ncnn1-c1ccc2cc1OC/C=C\CNc1nc(nc3c1CCC3c1ccc(F)cc1F)N2. The van der Waals surface area contributed by atoms with Gasteiger partial charge in [-0.05, 0) is 99.2 Å². The second-order valence-electron chi connectivity index (χ2n) is 17.4. The second kappa shape index (κ2) is 19.6. The van der Waals surface area contributed by atoms with E-state index in [0.29, 0.717) is 98.1 Å². The summed E-state index contributed by atoms with van der Waals surface area (Å²) < 4.78 is 72.0. The smallest absolute Gasteiger partial charge is 0.229 e. The lowest BCUT2D eigenvalue weighted by molar-refractivity contribution is 0.360. The molecule has 8 bridgehead atoms. The van der Waals surface area contributed by atoms with E-state index in [1.165, 1.54) is 36.9 Å². The normalized spacial score (nSPS) is 17.5. The van der Waals surface area contributed by atoms with E-state index in [9.17, 15) is 17.6 Å². The summed E-state index contributed by atoms with van der Waals surface area (Å²) in [7, 11) is 0. The molecule has 72 heavy (non-hydrogen) atoms. The van der Waals surface area contributed by atoms with Gasteiger partial charge in [-0.1, -0.05) is 24.3 Å². The number of nitrogens with zero attached hydrogens (tertiary/aromatic N) is 10. The number of aryl methyl sites for hydroxylation is 2. The van der Waals surface area contributed by atoms with Crippen LogP contribution in [0.2, 0.25) is 0 Å². The van der Waals surface area contributed by atoms with Gasteiger partial charge in [-0.25, -0.2) is 46.9 Å². The summed E-state index contributed by atoms with van der Waals surface area (Å²) >= 11 is 0. The Balaban J connectivity index is 0.000000156. The number of halogens is 4. The molecule has 16 nitrogen and oxygen atoms in total. The Morgan fingerprint density at radius 3 is 1.42 bits per heavy atom. The quantitative estimate of drug-likeness (QED) is 0.0967. The fourth-order valence-corrected chi connectivity index (χ4v) is 9.49. The number of hydrogen-bond donors (Lipinski definition) is 4. The van der Waals surface area contributed by atoms with Crippen LogP contribution in [0.5, 0.6) is 11.5 Å². The fraction of sp³-hybridized carbons (Fsp3) is 0.231. The zero-order valence-electron chi connectivity index (χ0n) is 39.0. The molecule has 2 unspecified atom stereocenters. The molecule has 0 radical (unpaired) electrons. The van der Waals surface area contributed by atoms with Gasteiger partial charge in [-0.3, -0.25) is 0 Å². The third-order valence-corrected chi connectivity index (χ3v) is 12.9. The maximum atomic E-state index is 14.7. The predicted molar refractivity (Wildman–Crippen MR) is 262 cm³/mol. The standard InChI is InChI=1S/2C26H23F2N7O/c2*1-15-30-14-31-35(15)22-9-5-17-13-23(22)36-11-3-2-10-29-25-20-8-7-19(24(20)33-26(32-17)34-25)18-6-4-16(27)12-21(18)28/h2*2-6,9,12-14,19H,7-8,10-11H2,1H3,(H2,29,32,33,34)/b3-2+;3-2-. The molecule has 0 amide bonds. The van der Waals surface area contributed by atoms with Crippen molar-refractivity contribution in [3.63, 3.8) is 0 Å². The van der Waals surface area contributed by atoms with E-state index < -0.39 is 23.3 Å². The highest BCUT2D eigenvalue weighted by Gasteiger charge is 2.33. The molecule has 6 heterocycles. The minimum atomic E-state index is -0.596. The van der Waals surface area contributed by atoms with E-state index in [2.05, 4.69) is 41.4 Å². The van der Waals surface area contributed by atoms with Gasteiger partial charge in [0.05, 0.1) is 11.4 Å². The number of nitrogens with one attached hydrogen (secondary N) is 4. The maximum Gasteiger partial charge on any atom is 0.229 e. The molecule has 12 rings (SSSR count). The lowest BCUT2D eigenvalue weighted by Crippen LogP contribution is -2.10. The van der Waals surface area contributed by atoms with Crippen LogP contribution in [-0.4, -0.2) is 75.8 Å². The first kappa shape index (κ1) is 45.7. The van der Waals surface area contributed by atoms with E-state index in [1.807, 2.05) is 74.5 Å². The minimum absolute atomic E-state index is 0.285. The van der Waals surface area contributed by atoms with Crippen molar-refractivity contribution in [3.8, 4) is 22.9 Å². The zero-order valence-corrected chi connectivity index (χ0v) is 39.0. The van der Waals surface area contributed by atoms with Crippen molar-refractivity contribution < 1.29 is 27.0 Å². The molecule has 4 aromatic heterocycles. The van der Waals surface area contributed by atoms with E-state index >= 15 is 0 Å². The van der Waals surface area contributed by atoms with E-state index in [0.717, 1.165) is 69.0 Å². The Morgan fingerprint density at radius 1 is 0.542 bits per heavy atom. The van der Waals surface area contributed by atoms with Gasteiger partial charge in [0.2, 0.25) is 11.9 Å². The van der Waals surface area contributed by atoms with Crippen molar-refractivity contribution in [1.82, 2.24) is 49.5 Å². The van der Waals surface area contributed by atoms with Crippen LogP contribution in [0.15, 0.2) is 110 Å². The van der Waals surface area contributed by atoms with Crippen molar-refractivity contribution in [3.05, 3.63) is 178 Å². The molecule has 2 aliphatic carbocycles. The van der Waals surface area contributed by atoms with Crippen molar-refractivity contribution in [1.29, 1.82) is 0 Å². The number of fused-ring (bicyclic) bond motifs is 12. The van der Waals surface area contributed by atoms with Gasteiger partial charge < -0.3 is 30.7 Å². The summed E-state index contributed by atoms with van der Waals surface area (Å²) in [5.41, 5.74) is 7.23. The number of benzene rings is 4. The Bertz CT molecular complexity index is 3190. The molecule has 0 spiro atoms. The lowest BCUT2D eigenvalue weighted by atomic mass is 9.96. The molecule has 4 N–H and O–H groups in total. The van der Waals surface area contributed by atoms with Crippen LogP contribution in [0.25, 0.3) is 11.4 Å². The molecule has 0 saturated heterocycles. The van der Waals surface area contributed by atoms with Gasteiger partial charge in [-0.15, -0.1) is 0 Å². The molecular formula is C52H46F4N14O2. The average molecular weight is 975 g/mol. The number of aromatic nitrogens is 10. The Hall–Kier alpha value is -8.68. The molecule has 8 aromatic rings. The van der Waals surface area contributed by atoms with Gasteiger partial charge in [0, 0.05) is 71.7 Å². The van der Waals surface area contributed by atoms with Gasteiger partial charge in [0.15, 0.2) is 0 Å². The largest absolute Gasteiger partial charge is 0.487 e. The molecule has 0 fully saturated rings. The summed E-state index contributed by atoms with van der Waals surface area (Å²) in [6.45, 7) is 5.57. The first-order valence-electron chi connectivity index (χ1n) is 23.4. The summed E-state index contributed by atoms with van der Waals surface area (Å²) in [5, 5.41) is 21.9. The van der Waals surface area contributed by atoms with Crippen molar-refractivity contribution in [2.24, 2.45) is 0 Å². The van der Waals surface area contributed by atoms with Crippen LogP contribution in [-0.2, 0) is 12.8 Å². The first-order chi connectivity index (χ1) is 35.1. The molecule has 2 aliphatic heterocycles. The lowest BCUT2D eigenvalue weighted by Gasteiger charge is -2.16. The Kier molecular flexibility index (Phi) is 12.5. The summed E-state index contributed by atoms with van der Waals surface area (Å²) in [6, 6.07) is 18.7. The topological polar surface area (TPSA) is 180 Å². The predicted octanol–water partition coefficient (Wildman–Crippen LogP) is 9.65. The van der Waals surface area contributed by atoms with Crippen molar-refractivity contribution in [2.75, 3.05) is 47.6 Å². The zero-order chi connectivity index (χ0) is 49.3. The molecule has 0 saturated carbocycles. The van der Waals surface area contributed by atoms with E-state index in [1.54, 1.807) is 9.36 Å². The van der Waals surface area contributed by atoms with Crippen LogP contribution in [0.4, 0.5) is 52.5 Å². The van der Waals surface area contributed by atoms with Gasteiger partial charge in [0.1, 0.15) is 95.3 Å². The van der Waals surface area contributed by atoms with E-state index in [4.69, 9.17) is 29.4 Å². The highest BCUT2D eigenvalue weighted by molar-refractivity contribution is 5.66. The molecule has 4 aromatic carbocycles. The fourth-order valence-electron chi connectivity index (χ4n) is 9.49. The second-order valence-corrected chi connectivity index (χ2v) is 17.4. The van der Waals surface area contributed by atoms with Crippen LogP contribution in [0, 0.1) is 37.1 Å². The summed E-state index contributed by atoms with van der Waals surface area (Å²) in [4.78, 5) is 27.4. The Morgan fingerprint density at radius 2 is 1.00 bits per heavy atom. The van der Waals surface area contributed by atoms with Crippen molar-refractivity contribution >= 4 is 34.9 Å². The maximum absolute atomic E-state index is 14.7. The molecular weight excluding hydrogens is 929 g/mol. The highest BCUT2D eigenvalue weighted by atomic mass is 19.1. The van der Waals surface area contributed by atoms with Crippen LogP contribution >= 0.6 is 0 Å². The van der Waals surface area contributed by atoms with Gasteiger partial charge >= 0.3 is 0 Å². The number of hydrogen-bond acceptors (Lipinski definition) is 14. The average Bonchev–Trinajstić information content (AvgIpc) is 4.19. The van der Waals surface area contributed by atoms with Crippen LogP contribution in [0.3, 0.4) is 0 Å². The monoisotopic (exact) mass is 974 g/mol. The third kappa shape index (κ3) is 9.25. The van der Waals surface area contributed by atoms with Gasteiger partial charge in [-0.2, -0.15) is 20.2 Å². The molecule has 20 heteroatoms. The van der Waals surface area contributed by atoms with Crippen molar-refractivity contribution in [2.45, 2.75) is 51.4 Å². The number of anilines is 6. The number of ether oxygens (including phenoxy) is 2. The third-order valence-electron chi connectivity index (χ3n) is 12.9. The van der Waals surface area contributed by atoms with E-state index in [-0.39, 0.29) is 11.8 Å². The first-order valence-corrected chi connectivity index (χ1v) is 23.4. The summed E-state index contributed by atoms with van der Waals surface area (Å²) in [6.07, 6.45) is 13.5. The molecule has 364 valence electrons. The van der Waals surface area contributed by atoms with Crippen LogP contribution in [0.1, 0.15) is 70.0 Å². The molecule has 4 aliphatic rings.